The van der Waals surface area contributed by atoms with Gasteiger partial charge in [0.05, 0.1) is 6.17 Å². The van der Waals surface area contributed by atoms with Gasteiger partial charge in [-0.25, -0.2) is 0 Å². The standard InChI is InChI=1S/C6H17ClN2Si/c1-8(2)6(5-10-7)9(3)4/h6H,5,10H2,1-4H3. The van der Waals surface area contributed by atoms with Crippen molar-refractivity contribution in [3.63, 3.8) is 0 Å². The average molecular weight is 181 g/mol. The summed E-state index contributed by atoms with van der Waals surface area (Å²) in [5.41, 5.74) is 0. The summed E-state index contributed by atoms with van der Waals surface area (Å²) < 4.78 is 0. The van der Waals surface area contributed by atoms with Gasteiger partial charge in [-0.05, 0) is 34.2 Å². The third-order valence-electron chi connectivity index (χ3n) is 1.56. The van der Waals surface area contributed by atoms with Crippen LogP contribution in [0.15, 0.2) is 0 Å². The summed E-state index contributed by atoms with van der Waals surface area (Å²) in [7, 11) is 8.03. The largest absolute Gasteiger partial charge is 0.294 e. The molecular weight excluding hydrogens is 164 g/mol. The average Bonchev–Trinajstić information content (AvgIpc) is 1.81. The smallest absolute Gasteiger partial charge is 0.128 e. The van der Waals surface area contributed by atoms with Crippen LogP contribution < -0.4 is 0 Å². The van der Waals surface area contributed by atoms with Crippen molar-refractivity contribution < 1.29 is 0 Å². The highest BCUT2D eigenvalue weighted by Gasteiger charge is 2.11. The predicted octanol–water partition coefficient (Wildman–Crippen LogP) is 0.177. The summed E-state index contributed by atoms with van der Waals surface area (Å²) in [5, 5.41) is 0. The molecule has 0 saturated carbocycles. The van der Waals surface area contributed by atoms with Crippen LogP contribution in [0.2, 0.25) is 6.04 Å². The maximum atomic E-state index is 5.77. The van der Waals surface area contributed by atoms with Crippen molar-refractivity contribution in [1.82, 2.24) is 9.80 Å². The third-order valence-corrected chi connectivity index (χ3v) is 2.95. The summed E-state index contributed by atoms with van der Waals surface area (Å²) in [6.07, 6.45) is 0.532. The second-order valence-corrected chi connectivity index (χ2v) is 4.97. The molecule has 0 aromatic rings. The highest BCUT2D eigenvalue weighted by atomic mass is 35.6. The van der Waals surface area contributed by atoms with E-state index in [0.717, 1.165) is 6.04 Å². The molecule has 0 atom stereocenters. The van der Waals surface area contributed by atoms with Crippen LogP contribution in [0.4, 0.5) is 0 Å². The van der Waals surface area contributed by atoms with Gasteiger partial charge in [-0.2, -0.15) is 11.1 Å². The fraction of sp³-hybridized carbons (Fsp3) is 1.00. The van der Waals surface area contributed by atoms with Gasteiger partial charge in [-0.3, -0.25) is 9.80 Å². The lowest BCUT2D eigenvalue weighted by molar-refractivity contribution is 0.147. The van der Waals surface area contributed by atoms with E-state index in [2.05, 4.69) is 38.0 Å². The maximum absolute atomic E-state index is 5.77. The number of halogens is 1. The van der Waals surface area contributed by atoms with Crippen LogP contribution in [0.25, 0.3) is 0 Å². The normalized spacial score (nSPS) is 13.2. The van der Waals surface area contributed by atoms with Crippen molar-refractivity contribution in [2.24, 2.45) is 0 Å². The highest BCUT2D eigenvalue weighted by Crippen LogP contribution is 2.02. The Labute approximate surface area is 70.7 Å². The van der Waals surface area contributed by atoms with Crippen molar-refractivity contribution in [3.8, 4) is 0 Å². The van der Waals surface area contributed by atoms with Gasteiger partial charge in [-0.15, -0.1) is 0 Å². The molecule has 0 saturated heterocycles. The maximum Gasteiger partial charge on any atom is 0.128 e. The summed E-state index contributed by atoms with van der Waals surface area (Å²) >= 11 is 5.77. The van der Waals surface area contributed by atoms with Gasteiger partial charge >= 0.3 is 0 Å². The van der Waals surface area contributed by atoms with Crippen LogP contribution >= 0.6 is 11.1 Å². The minimum absolute atomic E-state index is 0.330. The van der Waals surface area contributed by atoms with Crippen LogP contribution in [0.3, 0.4) is 0 Å². The van der Waals surface area contributed by atoms with E-state index in [1.807, 2.05) is 0 Å². The number of hydrogen-bond donors (Lipinski definition) is 0. The SMILES string of the molecule is CN(C)C(C[SiH2]Cl)N(C)C. The molecule has 0 aromatic carbocycles. The van der Waals surface area contributed by atoms with Gasteiger partial charge in [0.1, 0.15) is 8.83 Å². The summed E-state index contributed by atoms with van der Waals surface area (Å²) in [6.45, 7) is 0. The lowest BCUT2D eigenvalue weighted by Crippen LogP contribution is -2.40. The molecule has 10 heavy (non-hydrogen) atoms. The molecule has 4 heteroatoms. The first-order valence-corrected chi connectivity index (χ1v) is 6.62. The molecule has 0 radical (unpaired) electrons. The van der Waals surface area contributed by atoms with Crippen molar-refractivity contribution in [1.29, 1.82) is 0 Å². The molecule has 0 rings (SSSR count). The van der Waals surface area contributed by atoms with E-state index in [1.54, 1.807) is 0 Å². The van der Waals surface area contributed by atoms with Crippen LogP contribution in [0.5, 0.6) is 0 Å². The monoisotopic (exact) mass is 180 g/mol. The van der Waals surface area contributed by atoms with E-state index >= 15 is 0 Å². The zero-order valence-corrected chi connectivity index (χ0v) is 9.43. The minimum atomic E-state index is -0.330. The highest BCUT2D eigenvalue weighted by molar-refractivity contribution is 6.93. The Morgan fingerprint density at radius 3 is 1.70 bits per heavy atom. The number of nitrogens with zero attached hydrogens (tertiary/aromatic N) is 2. The van der Waals surface area contributed by atoms with Crippen LogP contribution in [-0.4, -0.2) is 53.0 Å². The lowest BCUT2D eigenvalue weighted by atomic mass is 10.5. The molecule has 0 N–H and O–H groups in total. The Bertz CT molecular complexity index is 79.8. The molecule has 0 bridgehead atoms. The van der Waals surface area contributed by atoms with E-state index < -0.39 is 0 Å². The molecule has 0 fully saturated rings. The van der Waals surface area contributed by atoms with Gasteiger partial charge in [0.15, 0.2) is 0 Å². The van der Waals surface area contributed by atoms with Crippen LogP contribution in [-0.2, 0) is 0 Å². The molecule has 0 spiro atoms. The van der Waals surface area contributed by atoms with Crippen molar-refractivity contribution in [2.75, 3.05) is 28.2 Å². The lowest BCUT2D eigenvalue weighted by Gasteiger charge is -2.29. The van der Waals surface area contributed by atoms with E-state index in [1.165, 1.54) is 0 Å². The molecular formula is C6H17ClN2Si. The molecule has 0 aromatic heterocycles. The fourth-order valence-electron chi connectivity index (χ4n) is 1.08. The van der Waals surface area contributed by atoms with Gasteiger partial charge in [0.25, 0.3) is 0 Å². The molecule has 0 heterocycles. The zero-order valence-electron chi connectivity index (χ0n) is 7.26. The predicted molar refractivity (Wildman–Crippen MR) is 50.4 cm³/mol. The number of hydrogen-bond acceptors (Lipinski definition) is 2. The van der Waals surface area contributed by atoms with Crippen LogP contribution in [0.1, 0.15) is 0 Å². The van der Waals surface area contributed by atoms with Gasteiger partial charge < -0.3 is 0 Å². The number of rotatable bonds is 4. The third kappa shape index (κ3) is 3.56. The molecule has 0 unspecified atom stereocenters. The Morgan fingerprint density at radius 1 is 1.20 bits per heavy atom. The summed E-state index contributed by atoms with van der Waals surface area (Å²) in [4.78, 5) is 4.41. The second kappa shape index (κ2) is 5.13. The first kappa shape index (κ1) is 10.4. The molecule has 0 aliphatic rings. The molecule has 62 valence electrons. The van der Waals surface area contributed by atoms with Crippen molar-refractivity contribution >= 4 is 19.9 Å². The van der Waals surface area contributed by atoms with Crippen molar-refractivity contribution in [2.45, 2.75) is 12.2 Å². The Morgan fingerprint density at radius 2 is 1.60 bits per heavy atom. The fourth-order valence-corrected chi connectivity index (χ4v) is 2.89. The molecule has 2 nitrogen and oxygen atoms in total. The van der Waals surface area contributed by atoms with E-state index in [0.29, 0.717) is 6.17 Å². The Kier molecular flexibility index (Phi) is 5.35. The minimum Gasteiger partial charge on any atom is -0.294 e. The first-order chi connectivity index (χ1) is 4.59. The van der Waals surface area contributed by atoms with Gasteiger partial charge in [0.2, 0.25) is 0 Å². The van der Waals surface area contributed by atoms with E-state index in [4.69, 9.17) is 11.1 Å². The zero-order chi connectivity index (χ0) is 8.15. The van der Waals surface area contributed by atoms with Crippen molar-refractivity contribution in [3.05, 3.63) is 0 Å². The molecule has 0 aliphatic heterocycles. The quantitative estimate of drug-likeness (QED) is 0.346. The van der Waals surface area contributed by atoms with Gasteiger partial charge in [-0.1, -0.05) is 0 Å². The van der Waals surface area contributed by atoms with E-state index in [9.17, 15) is 0 Å². The summed E-state index contributed by atoms with van der Waals surface area (Å²) in [5.74, 6) is 0. The van der Waals surface area contributed by atoms with Crippen LogP contribution in [0, 0.1) is 0 Å². The molecule has 0 aliphatic carbocycles. The topological polar surface area (TPSA) is 6.48 Å². The second-order valence-electron chi connectivity index (χ2n) is 2.89. The Balaban J connectivity index is 3.73. The van der Waals surface area contributed by atoms with Gasteiger partial charge in [0, 0.05) is 0 Å². The van der Waals surface area contributed by atoms with E-state index in [-0.39, 0.29) is 8.83 Å². The molecule has 0 amide bonds. The summed E-state index contributed by atoms with van der Waals surface area (Å²) in [6, 6.07) is 1.15. The Hall–Kier alpha value is 0.427. The first-order valence-electron chi connectivity index (χ1n) is 3.48.